The van der Waals surface area contributed by atoms with Crippen LogP contribution in [0.3, 0.4) is 0 Å². The lowest BCUT2D eigenvalue weighted by molar-refractivity contribution is -0.374. The van der Waals surface area contributed by atoms with Gasteiger partial charge in [-0.2, -0.15) is 0 Å². The van der Waals surface area contributed by atoms with E-state index in [1.165, 1.54) is 6.92 Å². The van der Waals surface area contributed by atoms with E-state index in [0.717, 1.165) is 33.4 Å². The highest BCUT2D eigenvalue weighted by Gasteiger charge is 2.55. The third-order valence-electron chi connectivity index (χ3n) is 12.1. The smallest absolute Gasteiger partial charge is 0.303 e. The van der Waals surface area contributed by atoms with E-state index in [-0.39, 0.29) is 46.2 Å². The summed E-state index contributed by atoms with van der Waals surface area (Å²) in [6.45, 7) is 6.91. The minimum atomic E-state index is -1.22. The maximum absolute atomic E-state index is 13.3. The maximum atomic E-state index is 13.3. The Bertz CT molecular complexity index is 2410. The van der Waals surface area contributed by atoms with Crippen molar-refractivity contribution in [3.05, 3.63) is 228 Å². The molecule has 0 saturated carbocycles. The Morgan fingerprint density at radius 1 is 0.423 bits per heavy atom. The zero-order valence-corrected chi connectivity index (χ0v) is 40.1. The van der Waals surface area contributed by atoms with Gasteiger partial charge in [-0.15, -0.1) is 6.58 Å². The first kappa shape index (κ1) is 51.5. The summed E-state index contributed by atoms with van der Waals surface area (Å²) in [5, 5.41) is 0. The number of esters is 1. The molecule has 8 rings (SSSR count). The Kier molecular flexibility index (Phi) is 20.1. The first-order chi connectivity index (χ1) is 35.0. The van der Waals surface area contributed by atoms with Crippen molar-refractivity contribution in [3.63, 3.8) is 0 Å². The Hall–Kier alpha value is -5.87. The quantitative estimate of drug-likeness (QED) is 0.0381. The highest BCUT2D eigenvalue weighted by Crippen LogP contribution is 2.37. The summed E-state index contributed by atoms with van der Waals surface area (Å²) in [5.74, 6) is -0.532. The van der Waals surface area contributed by atoms with Crippen molar-refractivity contribution in [2.45, 2.75) is 108 Å². The van der Waals surface area contributed by atoms with Crippen LogP contribution < -0.4 is 0 Å². The van der Waals surface area contributed by atoms with Crippen LogP contribution in [0.4, 0.5) is 0 Å². The molecule has 0 bridgehead atoms. The summed E-state index contributed by atoms with van der Waals surface area (Å²) in [4.78, 5) is 13.3. The molecule has 0 aromatic heterocycles. The molecule has 2 aliphatic rings. The van der Waals surface area contributed by atoms with Gasteiger partial charge in [0.2, 0.25) is 0 Å². The van der Waals surface area contributed by atoms with E-state index in [0.29, 0.717) is 13.2 Å². The monoisotopic (exact) mass is 964 g/mol. The highest BCUT2D eigenvalue weighted by atomic mass is 16.8. The molecule has 6 aromatic carbocycles. The first-order valence-corrected chi connectivity index (χ1v) is 24.2. The molecule has 10 atom stereocenters. The second kappa shape index (κ2) is 27.7. The molecule has 2 fully saturated rings. The van der Waals surface area contributed by atoms with Gasteiger partial charge >= 0.3 is 5.97 Å². The highest BCUT2D eigenvalue weighted by molar-refractivity contribution is 5.66. The lowest BCUT2D eigenvalue weighted by Gasteiger charge is -2.50. The average molecular weight is 965 g/mol. The Labute approximate surface area is 417 Å². The number of hydrogen-bond acceptors (Lipinski definition) is 12. The van der Waals surface area contributed by atoms with Crippen molar-refractivity contribution in [2.75, 3.05) is 19.8 Å². The molecule has 12 heteroatoms. The molecule has 0 aliphatic carbocycles. The van der Waals surface area contributed by atoms with Crippen molar-refractivity contribution in [1.82, 2.24) is 0 Å². The van der Waals surface area contributed by atoms with Gasteiger partial charge < -0.3 is 52.1 Å². The first-order valence-electron chi connectivity index (χ1n) is 24.2. The van der Waals surface area contributed by atoms with Crippen LogP contribution in [-0.2, 0) is 96.5 Å². The van der Waals surface area contributed by atoms with Crippen LogP contribution in [-0.4, -0.2) is 87.2 Å². The average Bonchev–Trinajstić information content (AvgIpc) is 3.41. The van der Waals surface area contributed by atoms with Gasteiger partial charge in [0, 0.05) is 6.92 Å². The van der Waals surface area contributed by atoms with Crippen molar-refractivity contribution in [1.29, 1.82) is 0 Å². The van der Waals surface area contributed by atoms with Crippen LogP contribution in [0.2, 0.25) is 0 Å². The summed E-state index contributed by atoms with van der Waals surface area (Å²) in [6.07, 6.45) is -7.79. The summed E-state index contributed by atoms with van der Waals surface area (Å²) < 4.78 is 74.4. The largest absolute Gasteiger partial charge is 0.457 e. The van der Waals surface area contributed by atoms with Gasteiger partial charge in [-0.3, -0.25) is 4.79 Å². The molecule has 12 nitrogen and oxygen atoms in total. The molecule has 71 heavy (non-hydrogen) atoms. The molecule has 1 unspecified atom stereocenters. The summed E-state index contributed by atoms with van der Waals surface area (Å²) in [5.41, 5.74) is 5.64. The molecule has 2 heterocycles. The van der Waals surface area contributed by atoms with Crippen molar-refractivity contribution < 1.29 is 56.9 Å². The van der Waals surface area contributed by atoms with E-state index in [1.807, 2.05) is 182 Å². The number of ether oxygens (including phenoxy) is 11. The molecule has 0 N–H and O–H groups in total. The van der Waals surface area contributed by atoms with Gasteiger partial charge in [-0.05, 0) is 33.4 Å². The SMILES string of the molecule is C=CCOC1O[C@H](COCc2ccccc2)[C@@H](O[C@@H]2O[C@H](COCc3ccccc3)[C@H](OCc3ccccc3)[C@H](OC(C)=O)[C@H]2OCc2ccccc2)[C@H](OCc2ccccc2)[C@H]1OCc1ccccc1. The fourth-order valence-corrected chi connectivity index (χ4v) is 8.62. The minimum Gasteiger partial charge on any atom is -0.457 e. The molecule has 2 aliphatic heterocycles. The number of benzene rings is 6. The standard InChI is InChI=1S/C59H64O12/c1-3-34-63-58-56(66-39-48-30-18-8-19-31-48)54(65-38-47-28-16-7-17-29-47)53(51(69-58)42-62-36-45-24-12-5-13-25-45)71-59-57(67-40-49-32-20-9-21-33-49)55(68-43(2)60)52(64-37-46-26-14-6-15-27-46)50(70-59)41-61-35-44-22-10-4-11-23-44/h3-33,50-59H,1,34-42H2,2H3/t50-,51-,52+,53-,54+,55+,56-,57-,58?,59+/m1/s1. The van der Waals surface area contributed by atoms with E-state index >= 15 is 0 Å². The second-order valence-electron chi connectivity index (χ2n) is 17.4. The normalized spacial score (nSPS) is 24.2. The molecule has 6 aromatic rings. The second-order valence-corrected chi connectivity index (χ2v) is 17.4. The Morgan fingerprint density at radius 2 is 0.761 bits per heavy atom. The van der Waals surface area contributed by atoms with E-state index in [9.17, 15) is 4.79 Å². The van der Waals surface area contributed by atoms with Crippen LogP contribution in [0.25, 0.3) is 0 Å². The summed E-state index contributed by atoms with van der Waals surface area (Å²) in [7, 11) is 0. The topological polar surface area (TPSA) is 119 Å². The number of carbonyl (C=O) groups is 1. The molecule has 0 spiro atoms. The fraction of sp³-hybridized carbons (Fsp3) is 0.339. The molecule has 0 amide bonds. The molecule has 372 valence electrons. The van der Waals surface area contributed by atoms with E-state index < -0.39 is 67.4 Å². The molecular formula is C59H64O12. The van der Waals surface area contributed by atoms with Crippen molar-refractivity contribution in [2.24, 2.45) is 0 Å². The van der Waals surface area contributed by atoms with Crippen LogP contribution in [0.15, 0.2) is 195 Å². The van der Waals surface area contributed by atoms with Gasteiger partial charge in [0.05, 0.1) is 59.5 Å². The zero-order chi connectivity index (χ0) is 48.9. The number of hydrogen-bond donors (Lipinski definition) is 0. The Morgan fingerprint density at radius 3 is 1.15 bits per heavy atom. The van der Waals surface area contributed by atoms with E-state index in [4.69, 9.17) is 52.1 Å². The predicted octanol–water partition coefficient (Wildman–Crippen LogP) is 9.73. The Balaban J connectivity index is 1.19. The third kappa shape index (κ3) is 15.6. The van der Waals surface area contributed by atoms with Crippen molar-refractivity contribution in [3.8, 4) is 0 Å². The lowest BCUT2D eigenvalue weighted by Crippen LogP contribution is -2.66. The predicted molar refractivity (Wildman–Crippen MR) is 266 cm³/mol. The lowest BCUT2D eigenvalue weighted by atomic mass is 9.95. The number of rotatable bonds is 26. The molecular weight excluding hydrogens is 901 g/mol. The fourth-order valence-electron chi connectivity index (χ4n) is 8.62. The van der Waals surface area contributed by atoms with Crippen molar-refractivity contribution >= 4 is 5.97 Å². The zero-order valence-electron chi connectivity index (χ0n) is 40.1. The van der Waals surface area contributed by atoms with Crippen LogP contribution in [0.5, 0.6) is 0 Å². The van der Waals surface area contributed by atoms with E-state index in [2.05, 4.69) is 6.58 Å². The molecule has 0 radical (unpaired) electrons. The third-order valence-corrected chi connectivity index (χ3v) is 12.1. The van der Waals surface area contributed by atoms with Gasteiger partial charge in [0.1, 0.15) is 42.7 Å². The van der Waals surface area contributed by atoms with Gasteiger partial charge in [-0.1, -0.05) is 188 Å². The summed E-state index contributed by atoms with van der Waals surface area (Å²) in [6, 6.07) is 59.0. The van der Waals surface area contributed by atoms with Crippen LogP contribution >= 0.6 is 0 Å². The van der Waals surface area contributed by atoms with Crippen LogP contribution in [0.1, 0.15) is 40.3 Å². The summed E-state index contributed by atoms with van der Waals surface area (Å²) >= 11 is 0. The minimum absolute atomic E-state index is 0.0520. The van der Waals surface area contributed by atoms with Gasteiger partial charge in [0.15, 0.2) is 18.7 Å². The maximum Gasteiger partial charge on any atom is 0.303 e. The van der Waals surface area contributed by atoms with Gasteiger partial charge in [0.25, 0.3) is 0 Å². The van der Waals surface area contributed by atoms with Gasteiger partial charge in [-0.25, -0.2) is 0 Å². The number of carbonyl (C=O) groups excluding carboxylic acids is 1. The van der Waals surface area contributed by atoms with E-state index in [1.54, 1.807) is 6.08 Å². The van der Waals surface area contributed by atoms with Crippen LogP contribution in [0, 0.1) is 0 Å². The molecule has 2 saturated heterocycles.